The molecule has 0 bridgehead atoms. The topological polar surface area (TPSA) is 105 Å². The second-order valence-corrected chi connectivity index (χ2v) is 8.07. The molecule has 9 heteroatoms. The van der Waals surface area contributed by atoms with Crippen LogP contribution in [0.4, 0.5) is 22.7 Å². The van der Waals surface area contributed by atoms with E-state index in [-0.39, 0.29) is 17.2 Å². The van der Waals surface area contributed by atoms with E-state index in [1.807, 2.05) is 10.3 Å². The Balaban J connectivity index is 1.49. The number of nitro benzene ring substituents is 1. The molecule has 1 fully saturated rings. The first-order chi connectivity index (χ1) is 15.0. The Kier molecular flexibility index (Phi) is 5.94. The molecule has 1 aromatic heterocycles. The summed E-state index contributed by atoms with van der Waals surface area (Å²) in [5.74, 6) is -0.690. The van der Waals surface area contributed by atoms with E-state index >= 15 is 0 Å². The number of nitrogens with one attached hydrogen (secondary N) is 2. The van der Waals surface area contributed by atoms with Crippen LogP contribution in [0.2, 0.25) is 0 Å². The predicted molar refractivity (Wildman–Crippen MR) is 121 cm³/mol. The molecule has 2 N–H and O–H groups in total. The molecule has 1 saturated heterocycles. The average Bonchev–Trinajstić information content (AvgIpc) is 3.48. The lowest BCUT2D eigenvalue weighted by Crippen LogP contribution is -2.20. The first-order valence-electron chi connectivity index (χ1n) is 9.81. The van der Waals surface area contributed by atoms with Gasteiger partial charge in [0, 0.05) is 36.1 Å². The van der Waals surface area contributed by atoms with Gasteiger partial charge in [-0.25, -0.2) is 0 Å². The Labute approximate surface area is 182 Å². The lowest BCUT2D eigenvalue weighted by atomic mass is 10.1. The van der Waals surface area contributed by atoms with Gasteiger partial charge in [0.1, 0.15) is 5.69 Å². The molecule has 0 saturated carbocycles. The molecule has 4 rings (SSSR count). The number of hydrogen-bond donors (Lipinski definition) is 2. The third kappa shape index (κ3) is 4.72. The number of benzene rings is 2. The minimum absolute atomic E-state index is 0.0773. The number of carbonyl (C=O) groups is 2. The van der Waals surface area contributed by atoms with Crippen molar-refractivity contribution in [2.45, 2.75) is 12.8 Å². The number of hydrogen-bond acceptors (Lipinski definition) is 6. The van der Waals surface area contributed by atoms with Crippen LogP contribution >= 0.6 is 11.3 Å². The number of carbonyl (C=O) groups excluding carboxylic acids is 2. The van der Waals surface area contributed by atoms with E-state index in [1.54, 1.807) is 48.5 Å². The Morgan fingerprint density at radius 3 is 2.29 bits per heavy atom. The highest BCUT2D eigenvalue weighted by Crippen LogP contribution is 2.32. The summed E-state index contributed by atoms with van der Waals surface area (Å²) in [6, 6.07) is 14.8. The van der Waals surface area contributed by atoms with E-state index in [0.29, 0.717) is 21.9 Å². The zero-order valence-corrected chi connectivity index (χ0v) is 17.4. The van der Waals surface area contributed by atoms with Crippen molar-refractivity contribution in [2.75, 3.05) is 28.6 Å². The summed E-state index contributed by atoms with van der Waals surface area (Å²) < 4.78 is 0. The van der Waals surface area contributed by atoms with Crippen LogP contribution in [0.25, 0.3) is 0 Å². The highest BCUT2D eigenvalue weighted by Gasteiger charge is 2.24. The van der Waals surface area contributed by atoms with Gasteiger partial charge in [-0.2, -0.15) is 0 Å². The first-order valence-corrected chi connectivity index (χ1v) is 10.7. The van der Waals surface area contributed by atoms with Crippen LogP contribution in [0, 0.1) is 10.1 Å². The van der Waals surface area contributed by atoms with Gasteiger partial charge in [0.15, 0.2) is 0 Å². The largest absolute Gasteiger partial charge is 0.366 e. The minimum atomic E-state index is -0.460. The Morgan fingerprint density at radius 1 is 0.935 bits per heavy atom. The van der Waals surface area contributed by atoms with Gasteiger partial charge in [-0.05, 0) is 54.6 Å². The monoisotopic (exact) mass is 436 g/mol. The number of amides is 2. The highest BCUT2D eigenvalue weighted by atomic mass is 32.1. The maximum absolute atomic E-state index is 12.7. The normalized spacial score (nSPS) is 13.1. The molecular weight excluding hydrogens is 416 g/mol. The Bertz CT molecular complexity index is 1120. The lowest BCUT2D eigenvalue weighted by Gasteiger charge is -2.17. The first kappa shape index (κ1) is 20.5. The van der Waals surface area contributed by atoms with E-state index in [2.05, 4.69) is 10.6 Å². The second kappa shape index (κ2) is 8.97. The minimum Gasteiger partial charge on any atom is -0.366 e. The van der Waals surface area contributed by atoms with E-state index in [1.165, 1.54) is 17.4 Å². The SMILES string of the molecule is O=C(Nc1cccc(NC(=O)c2cccs2)c1)c1ccc(N2CCCC2)c([N+](=O)[O-])c1. The molecule has 0 radical (unpaired) electrons. The van der Waals surface area contributed by atoms with Gasteiger partial charge >= 0.3 is 0 Å². The Morgan fingerprint density at radius 2 is 1.65 bits per heavy atom. The Hall–Kier alpha value is -3.72. The molecule has 0 atom stereocenters. The van der Waals surface area contributed by atoms with Crippen molar-refractivity contribution >= 4 is 45.9 Å². The van der Waals surface area contributed by atoms with Crippen molar-refractivity contribution in [3.63, 3.8) is 0 Å². The molecular formula is C22H20N4O4S. The number of anilines is 3. The molecule has 0 unspecified atom stereocenters. The van der Waals surface area contributed by atoms with Crippen molar-refractivity contribution in [3.8, 4) is 0 Å². The zero-order valence-electron chi connectivity index (χ0n) is 16.5. The molecule has 0 aliphatic carbocycles. The quantitative estimate of drug-likeness (QED) is 0.428. The van der Waals surface area contributed by atoms with Crippen LogP contribution in [-0.4, -0.2) is 29.8 Å². The fourth-order valence-electron chi connectivity index (χ4n) is 3.51. The summed E-state index contributed by atoms with van der Waals surface area (Å²) in [6.07, 6.45) is 2.00. The summed E-state index contributed by atoms with van der Waals surface area (Å²) in [6.45, 7) is 1.55. The zero-order chi connectivity index (χ0) is 21.8. The van der Waals surface area contributed by atoms with Gasteiger partial charge in [-0.15, -0.1) is 11.3 Å². The fourth-order valence-corrected chi connectivity index (χ4v) is 4.13. The van der Waals surface area contributed by atoms with Crippen LogP contribution in [0.15, 0.2) is 60.0 Å². The van der Waals surface area contributed by atoms with E-state index in [0.717, 1.165) is 25.9 Å². The van der Waals surface area contributed by atoms with Crippen molar-refractivity contribution < 1.29 is 14.5 Å². The van der Waals surface area contributed by atoms with E-state index in [4.69, 9.17) is 0 Å². The van der Waals surface area contributed by atoms with Crippen molar-refractivity contribution in [3.05, 3.63) is 80.5 Å². The maximum Gasteiger partial charge on any atom is 0.293 e. The third-order valence-corrected chi connectivity index (χ3v) is 5.87. The number of nitrogens with zero attached hydrogens (tertiary/aromatic N) is 2. The average molecular weight is 436 g/mol. The molecule has 0 spiro atoms. The van der Waals surface area contributed by atoms with Gasteiger partial charge in [0.25, 0.3) is 17.5 Å². The molecule has 2 aromatic carbocycles. The number of nitro groups is 1. The van der Waals surface area contributed by atoms with Gasteiger partial charge < -0.3 is 15.5 Å². The summed E-state index contributed by atoms with van der Waals surface area (Å²) >= 11 is 1.34. The summed E-state index contributed by atoms with van der Waals surface area (Å²) in [5.41, 5.74) is 1.67. The summed E-state index contributed by atoms with van der Waals surface area (Å²) in [4.78, 5) is 38.6. The summed E-state index contributed by atoms with van der Waals surface area (Å²) in [5, 5.41) is 18.9. The van der Waals surface area contributed by atoms with Crippen LogP contribution in [0.5, 0.6) is 0 Å². The van der Waals surface area contributed by atoms with Crippen LogP contribution < -0.4 is 15.5 Å². The van der Waals surface area contributed by atoms with Gasteiger partial charge in [-0.1, -0.05) is 12.1 Å². The molecule has 3 aromatic rings. The molecule has 158 valence electrons. The highest BCUT2D eigenvalue weighted by molar-refractivity contribution is 7.12. The smallest absolute Gasteiger partial charge is 0.293 e. The molecule has 31 heavy (non-hydrogen) atoms. The molecule has 2 amide bonds. The molecule has 2 heterocycles. The predicted octanol–water partition coefficient (Wildman–Crippen LogP) is 4.76. The van der Waals surface area contributed by atoms with Crippen molar-refractivity contribution in [2.24, 2.45) is 0 Å². The summed E-state index contributed by atoms with van der Waals surface area (Å²) in [7, 11) is 0. The number of rotatable bonds is 6. The van der Waals surface area contributed by atoms with Crippen molar-refractivity contribution in [1.82, 2.24) is 0 Å². The van der Waals surface area contributed by atoms with Gasteiger partial charge in [-0.3, -0.25) is 19.7 Å². The molecule has 1 aliphatic rings. The van der Waals surface area contributed by atoms with E-state index < -0.39 is 10.8 Å². The third-order valence-electron chi connectivity index (χ3n) is 5.00. The number of thiophene rings is 1. The molecule has 8 nitrogen and oxygen atoms in total. The molecule has 1 aliphatic heterocycles. The standard InChI is InChI=1S/C22H20N4O4S/c27-21(15-8-9-18(19(13-15)26(29)30)25-10-1-2-11-25)23-16-5-3-6-17(14-16)24-22(28)20-7-4-12-31-20/h3-9,12-14H,1-2,10-11H2,(H,23,27)(H,24,28). The fraction of sp³-hybridized carbons (Fsp3) is 0.182. The van der Waals surface area contributed by atoms with Crippen LogP contribution in [0.3, 0.4) is 0 Å². The van der Waals surface area contributed by atoms with Gasteiger partial charge in [0.2, 0.25) is 0 Å². The van der Waals surface area contributed by atoms with Crippen molar-refractivity contribution in [1.29, 1.82) is 0 Å². The van der Waals surface area contributed by atoms with Crippen LogP contribution in [0.1, 0.15) is 32.9 Å². The van der Waals surface area contributed by atoms with Gasteiger partial charge in [0.05, 0.1) is 9.80 Å². The van der Waals surface area contributed by atoms with E-state index in [9.17, 15) is 19.7 Å². The maximum atomic E-state index is 12.7. The lowest BCUT2D eigenvalue weighted by molar-refractivity contribution is -0.384. The van der Waals surface area contributed by atoms with Crippen LogP contribution in [-0.2, 0) is 0 Å². The second-order valence-electron chi connectivity index (χ2n) is 7.12.